The molecule has 1 aromatic heterocycles. The van der Waals surface area contributed by atoms with Crippen LogP contribution in [0.15, 0.2) is 42.5 Å². The number of rotatable bonds is 4. The lowest BCUT2D eigenvalue weighted by Gasteiger charge is -2.19. The molecule has 1 aliphatic heterocycles. The quantitative estimate of drug-likeness (QED) is 0.908. The number of aromatic nitrogens is 1. The number of nitrogens with zero attached hydrogens (tertiary/aromatic N) is 2. The normalized spacial score (nSPS) is 14.6. The van der Waals surface area contributed by atoms with Crippen LogP contribution in [-0.2, 0) is 6.42 Å². The lowest BCUT2D eigenvalue weighted by atomic mass is 10.1. The number of nitrogens with one attached hydrogen (secondary N) is 1. The first-order valence-corrected chi connectivity index (χ1v) is 9.34. The minimum atomic E-state index is -0.306. The van der Waals surface area contributed by atoms with Gasteiger partial charge in [-0.05, 0) is 49.1 Å². The molecule has 5 heteroatoms. The van der Waals surface area contributed by atoms with Crippen LogP contribution in [-0.4, -0.2) is 34.8 Å². The van der Waals surface area contributed by atoms with Gasteiger partial charge < -0.3 is 10.2 Å². The van der Waals surface area contributed by atoms with E-state index in [1.165, 1.54) is 5.56 Å². The highest BCUT2D eigenvalue weighted by atomic mass is 16.2. The Morgan fingerprint density at radius 2 is 1.62 bits per heavy atom. The summed E-state index contributed by atoms with van der Waals surface area (Å²) in [7, 11) is 0. The predicted molar refractivity (Wildman–Crippen MR) is 102 cm³/mol. The smallest absolute Gasteiger partial charge is 0.274 e. The molecule has 0 spiro atoms. The number of aryl methyl sites for hydroxylation is 1. The predicted octanol–water partition coefficient (Wildman–Crippen LogP) is 3.91. The zero-order chi connectivity index (χ0) is 18.4. The van der Waals surface area contributed by atoms with Crippen LogP contribution in [0.5, 0.6) is 0 Å². The van der Waals surface area contributed by atoms with Crippen LogP contribution in [0, 0.1) is 0 Å². The van der Waals surface area contributed by atoms with E-state index in [0.29, 0.717) is 5.69 Å². The molecule has 0 atom stereocenters. The SMILES string of the molecule is CCc1ccc(NC(=O)c2cccc(C(=O)N3CCCCCC3)n2)cc1. The Morgan fingerprint density at radius 1 is 0.962 bits per heavy atom. The molecule has 1 saturated heterocycles. The second-order valence-corrected chi connectivity index (χ2v) is 6.62. The minimum Gasteiger partial charge on any atom is -0.337 e. The van der Waals surface area contributed by atoms with Gasteiger partial charge in [-0.1, -0.05) is 38.0 Å². The Morgan fingerprint density at radius 3 is 2.27 bits per heavy atom. The molecular weight excluding hydrogens is 326 g/mol. The topological polar surface area (TPSA) is 62.3 Å². The van der Waals surface area contributed by atoms with E-state index in [1.807, 2.05) is 29.2 Å². The van der Waals surface area contributed by atoms with E-state index in [1.54, 1.807) is 18.2 Å². The summed E-state index contributed by atoms with van der Waals surface area (Å²) in [5.41, 5.74) is 2.52. The van der Waals surface area contributed by atoms with Gasteiger partial charge in [-0.15, -0.1) is 0 Å². The zero-order valence-electron chi connectivity index (χ0n) is 15.2. The summed E-state index contributed by atoms with van der Waals surface area (Å²) in [6.07, 6.45) is 5.34. The zero-order valence-corrected chi connectivity index (χ0v) is 15.2. The van der Waals surface area contributed by atoms with Crippen LogP contribution < -0.4 is 5.32 Å². The fourth-order valence-electron chi connectivity index (χ4n) is 3.13. The first kappa shape index (κ1) is 18.1. The third-order valence-corrected chi connectivity index (χ3v) is 4.71. The van der Waals surface area contributed by atoms with Gasteiger partial charge in [0.15, 0.2) is 0 Å². The maximum atomic E-state index is 12.7. The second kappa shape index (κ2) is 8.61. The molecule has 1 N–H and O–H groups in total. The lowest BCUT2D eigenvalue weighted by molar-refractivity contribution is 0.0755. The summed E-state index contributed by atoms with van der Waals surface area (Å²) in [6.45, 7) is 3.62. The molecule has 2 heterocycles. The van der Waals surface area contributed by atoms with Crippen molar-refractivity contribution in [1.29, 1.82) is 0 Å². The van der Waals surface area contributed by atoms with E-state index in [4.69, 9.17) is 0 Å². The number of benzene rings is 1. The molecule has 0 bridgehead atoms. The Bertz CT molecular complexity index is 763. The maximum absolute atomic E-state index is 12.7. The van der Waals surface area contributed by atoms with Crippen molar-refractivity contribution in [3.63, 3.8) is 0 Å². The number of likely N-dealkylation sites (tertiary alicyclic amines) is 1. The van der Waals surface area contributed by atoms with Gasteiger partial charge in [0.05, 0.1) is 0 Å². The van der Waals surface area contributed by atoms with Gasteiger partial charge in [0.1, 0.15) is 11.4 Å². The van der Waals surface area contributed by atoms with Crippen molar-refractivity contribution < 1.29 is 9.59 Å². The largest absolute Gasteiger partial charge is 0.337 e. The average Bonchev–Trinajstić information content (AvgIpc) is 2.97. The van der Waals surface area contributed by atoms with Crippen molar-refractivity contribution in [2.24, 2.45) is 0 Å². The van der Waals surface area contributed by atoms with Crippen LogP contribution in [0.25, 0.3) is 0 Å². The molecular formula is C21H25N3O2. The molecule has 0 radical (unpaired) electrons. The highest BCUT2D eigenvalue weighted by molar-refractivity contribution is 6.03. The van der Waals surface area contributed by atoms with E-state index in [2.05, 4.69) is 17.2 Å². The summed E-state index contributed by atoms with van der Waals surface area (Å²) >= 11 is 0. The molecule has 0 aliphatic carbocycles. The van der Waals surface area contributed by atoms with E-state index >= 15 is 0 Å². The van der Waals surface area contributed by atoms with Crippen molar-refractivity contribution in [2.45, 2.75) is 39.0 Å². The number of carbonyl (C=O) groups is 2. The Kier molecular flexibility index (Phi) is 6.00. The monoisotopic (exact) mass is 351 g/mol. The first-order valence-electron chi connectivity index (χ1n) is 9.34. The number of hydrogen-bond acceptors (Lipinski definition) is 3. The van der Waals surface area contributed by atoms with E-state index in [0.717, 1.165) is 50.9 Å². The summed E-state index contributed by atoms with van der Waals surface area (Å²) < 4.78 is 0. The van der Waals surface area contributed by atoms with Gasteiger partial charge >= 0.3 is 0 Å². The minimum absolute atomic E-state index is 0.0890. The van der Waals surface area contributed by atoms with Gasteiger partial charge in [0, 0.05) is 18.8 Å². The fourth-order valence-corrected chi connectivity index (χ4v) is 3.13. The molecule has 0 saturated carbocycles. The molecule has 136 valence electrons. The van der Waals surface area contributed by atoms with E-state index in [-0.39, 0.29) is 17.5 Å². The molecule has 2 amide bonds. The first-order chi connectivity index (χ1) is 12.7. The number of hydrogen-bond donors (Lipinski definition) is 1. The van der Waals surface area contributed by atoms with E-state index < -0.39 is 0 Å². The van der Waals surface area contributed by atoms with Gasteiger partial charge in [-0.25, -0.2) is 4.98 Å². The third kappa shape index (κ3) is 4.48. The van der Waals surface area contributed by atoms with Crippen LogP contribution in [0.2, 0.25) is 0 Å². The summed E-state index contributed by atoms with van der Waals surface area (Å²) in [5, 5.41) is 2.84. The van der Waals surface area contributed by atoms with Crippen LogP contribution in [0.4, 0.5) is 5.69 Å². The Hall–Kier alpha value is -2.69. The summed E-state index contributed by atoms with van der Waals surface area (Å²) in [4.78, 5) is 31.3. The van der Waals surface area contributed by atoms with Gasteiger partial charge in [0.2, 0.25) is 0 Å². The molecule has 1 aliphatic rings. The van der Waals surface area contributed by atoms with E-state index in [9.17, 15) is 9.59 Å². The molecule has 2 aromatic rings. The summed E-state index contributed by atoms with van der Waals surface area (Å²) in [5.74, 6) is -0.395. The van der Waals surface area contributed by atoms with Gasteiger partial charge in [-0.3, -0.25) is 9.59 Å². The summed E-state index contributed by atoms with van der Waals surface area (Å²) in [6, 6.07) is 12.8. The van der Waals surface area contributed by atoms with Crippen LogP contribution >= 0.6 is 0 Å². The second-order valence-electron chi connectivity index (χ2n) is 6.62. The molecule has 0 unspecified atom stereocenters. The van der Waals surface area contributed by atoms with Gasteiger partial charge in [-0.2, -0.15) is 0 Å². The van der Waals surface area contributed by atoms with Gasteiger partial charge in [0.25, 0.3) is 11.8 Å². The molecule has 1 aromatic carbocycles. The number of amides is 2. The Balaban J connectivity index is 1.71. The highest BCUT2D eigenvalue weighted by Gasteiger charge is 2.19. The number of pyridine rings is 1. The molecule has 3 rings (SSSR count). The van der Waals surface area contributed by atoms with Crippen molar-refractivity contribution in [2.75, 3.05) is 18.4 Å². The van der Waals surface area contributed by atoms with Crippen LogP contribution in [0.1, 0.15) is 59.1 Å². The molecule has 5 nitrogen and oxygen atoms in total. The average molecular weight is 351 g/mol. The molecule has 1 fully saturated rings. The molecule has 26 heavy (non-hydrogen) atoms. The fraction of sp³-hybridized carbons (Fsp3) is 0.381. The Labute approximate surface area is 154 Å². The van der Waals surface area contributed by atoms with Crippen LogP contribution in [0.3, 0.4) is 0 Å². The maximum Gasteiger partial charge on any atom is 0.274 e. The van der Waals surface area contributed by atoms with Crippen molar-refractivity contribution in [3.8, 4) is 0 Å². The lowest BCUT2D eigenvalue weighted by Crippen LogP contribution is -2.32. The standard InChI is InChI=1S/C21H25N3O2/c1-2-16-10-12-17(13-11-16)22-20(25)18-8-7-9-19(23-18)21(26)24-14-5-3-4-6-15-24/h7-13H,2-6,14-15H2,1H3,(H,22,25). The van der Waals surface area contributed by atoms with Crippen molar-refractivity contribution in [1.82, 2.24) is 9.88 Å². The number of anilines is 1. The number of carbonyl (C=O) groups excluding carboxylic acids is 2. The van der Waals surface area contributed by atoms with Crippen molar-refractivity contribution in [3.05, 3.63) is 59.4 Å². The van der Waals surface area contributed by atoms with Crippen molar-refractivity contribution >= 4 is 17.5 Å². The third-order valence-electron chi connectivity index (χ3n) is 4.71. The highest BCUT2D eigenvalue weighted by Crippen LogP contribution is 2.14.